The molecule has 0 saturated carbocycles. The van der Waals surface area contributed by atoms with Crippen molar-refractivity contribution in [2.75, 3.05) is 31.1 Å². The van der Waals surface area contributed by atoms with Crippen LogP contribution in [0.4, 0.5) is 5.69 Å². The lowest BCUT2D eigenvalue weighted by molar-refractivity contribution is 0.246. The first-order chi connectivity index (χ1) is 8.36. The summed E-state index contributed by atoms with van der Waals surface area (Å²) in [6.07, 6.45) is 0. The molecule has 3 heteroatoms. The van der Waals surface area contributed by atoms with Gasteiger partial charge in [-0.1, -0.05) is 26.0 Å². The number of para-hydroxylation sites is 1. The summed E-state index contributed by atoms with van der Waals surface area (Å²) in [7, 11) is 0. The molecule has 17 heavy (non-hydrogen) atoms. The topological polar surface area (TPSA) is 24.5 Å². The quantitative estimate of drug-likeness (QED) is 0.744. The zero-order chi connectivity index (χ0) is 12.3. The number of hydrogen-bond donors (Lipinski definition) is 1. The van der Waals surface area contributed by atoms with Gasteiger partial charge in [0, 0.05) is 19.6 Å². The smallest absolute Gasteiger partial charge is 0.142 e. The number of benzene rings is 1. The zero-order valence-electron chi connectivity index (χ0n) is 11.0. The highest BCUT2D eigenvalue weighted by molar-refractivity contribution is 5.65. The number of rotatable bonds is 0. The minimum atomic E-state index is 0.507. The van der Waals surface area contributed by atoms with Gasteiger partial charge >= 0.3 is 0 Å². The maximum absolute atomic E-state index is 5.79. The van der Waals surface area contributed by atoms with Crippen molar-refractivity contribution in [1.82, 2.24) is 5.32 Å². The number of hydrogen-bond acceptors (Lipinski definition) is 3. The van der Waals surface area contributed by atoms with Gasteiger partial charge in [0.05, 0.1) is 11.7 Å². The lowest BCUT2D eigenvalue weighted by Gasteiger charge is -2.42. The van der Waals surface area contributed by atoms with Crippen LogP contribution in [0.3, 0.4) is 0 Å². The number of piperazine rings is 1. The Morgan fingerprint density at radius 1 is 1.35 bits per heavy atom. The van der Waals surface area contributed by atoms with Crippen LogP contribution in [-0.4, -0.2) is 32.3 Å². The molecule has 1 atom stereocenters. The molecule has 2 heterocycles. The van der Waals surface area contributed by atoms with E-state index >= 15 is 0 Å². The molecular weight excluding hydrogens is 212 g/mol. The average molecular weight is 234 g/mol. The van der Waals surface area contributed by atoms with Crippen LogP contribution in [0.2, 0.25) is 0 Å². The molecule has 1 saturated heterocycles. The van der Waals surface area contributed by atoms with E-state index < -0.39 is 0 Å². The number of nitrogens with one attached hydrogen (secondary N) is 1. The number of ether oxygens (including phenoxy) is 1. The SMILES string of the molecule is CC.Cc1cccc2c1N1CCNCC1CO2. The Labute approximate surface area is 104 Å². The van der Waals surface area contributed by atoms with Crippen molar-refractivity contribution >= 4 is 5.69 Å². The Morgan fingerprint density at radius 2 is 2.18 bits per heavy atom. The molecule has 1 aromatic rings. The first-order valence-electron chi connectivity index (χ1n) is 6.56. The summed E-state index contributed by atoms with van der Waals surface area (Å²) in [6, 6.07) is 6.80. The molecule has 1 N–H and O–H groups in total. The zero-order valence-corrected chi connectivity index (χ0v) is 11.0. The Balaban J connectivity index is 0.000000514. The molecule has 94 valence electrons. The second-order valence-corrected chi connectivity index (χ2v) is 4.28. The third-order valence-corrected chi connectivity index (χ3v) is 3.27. The highest BCUT2D eigenvalue weighted by Gasteiger charge is 2.30. The second-order valence-electron chi connectivity index (χ2n) is 4.28. The molecule has 3 nitrogen and oxygen atoms in total. The Kier molecular flexibility index (Phi) is 3.89. The summed E-state index contributed by atoms with van der Waals surface area (Å²) in [6.45, 7) is 10.2. The average Bonchev–Trinajstić information content (AvgIpc) is 2.41. The van der Waals surface area contributed by atoms with Crippen molar-refractivity contribution in [3.05, 3.63) is 23.8 Å². The summed E-state index contributed by atoms with van der Waals surface area (Å²) >= 11 is 0. The summed E-state index contributed by atoms with van der Waals surface area (Å²) in [5.41, 5.74) is 2.62. The molecule has 0 aliphatic carbocycles. The third kappa shape index (κ3) is 2.25. The van der Waals surface area contributed by atoms with Gasteiger partial charge in [-0.2, -0.15) is 0 Å². The van der Waals surface area contributed by atoms with Crippen molar-refractivity contribution in [1.29, 1.82) is 0 Å². The van der Waals surface area contributed by atoms with Crippen LogP contribution in [0.25, 0.3) is 0 Å². The minimum Gasteiger partial charge on any atom is -0.489 e. The second kappa shape index (κ2) is 5.41. The molecule has 0 spiro atoms. The van der Waals surface area contributed by atoms with Gasteiger partial charge < -0.3 is 15.0 Å². The molecule has 2 aliphatic heterocycles. The van der Waals surface area contributed by atoms with Crippen LogP contribution < -0.4 is 15.0 Å². The van der Waals surface area contributed by atoms with Gasteiger partial charge in [0.2, 0.25) is 0 Å². The van der Waals surface area contributed by atoms with E-state index in [0.29, 0.717) is 6.04 Å². The summed E-state index contributed by atoms with van der Waals surface area (Å²) < 4.78 is 5.79. The summed E-state index contributed by atoms with van der Waals surface area (Å²) in [5, 5.41) is 3.41. The Hall–Kier alpha value is -1.22. The first kappa shape index (κ1) is 12.2. The molecule has 3 rings (SSSR count). The van der Waals surface area contributed by atoms with Crippen LogP contribution in [0.5, 0.6) is 5.75 Å². The highest BCUT2D eigenvalue weighted by atomic mass is 16.5. The van der Waals surface area contributed by atoms with Crippen molar-refractivity contribution in [2.24, 2.45) is 0 Å². The molecule has 0 bridgehead atoms. The van der Waals surface area contributed by atoms with E-state index in [1.54, 1.807) is 0 Å². The predicted molar refractivity (Wildman–Crippen MR) is 72.0 cm³/mol. The standard InChI is InChI=1S/C12H16N2O.C2H6/c1-9-3-2-4-11-12(9)14-6-5-13-7-10(14)8-15-11;1-2/h2-4,10,13H,5-8H2,1H3;1-2H3. The summed E-state index contributed by atoms with van der Waals surface area (Å²) in [5.74, 6) is 1.05. The fourth-order valence-corrected chi connectivity index (χ4v) is 2.51. The van der Waals surface area contributed by atoms with E-state index in [0.717, 1.165) is 32.0 Å². The Bertz CT molecular complexity index is 378. The van der Waals surface area contributed by atoms with Crippen molar-refractivity contribution in [3.8, 4) is 5.75 Å². The number of anilines is 1. The highest BCUT2D eigenvalue weighted by Crippen LogP contribution is 2.36. The molecule has 0 aromatic heterocycles. The third-order valence-electron chi connectivity index (χ3n) is 3.27. The lowest BCUT2D eigenvalue weighted by atomic mass is 10.1. The molecule has 1 aromatic carbocycles. The van der Waals surface area contributed by atoms with Gasteiger partial charge in [-0.15, -0.1) is 0 Å². The molecule has 1 fully saturated rings. The molecule has 1 unspecified atom stereocenters. The van der Waals surface area contributed by atoms with Gasteiger partial charge in [-0.25, -0.2) is 0 Å². The van der Waals surface area contributed by atoms with Crippen LogP contribution in [0.15, 0.2) is 18.2 Å². The van der Waals surface area contributed by atoms with E-state index in [1.807, 2.05) is 13.8 Å². The molecule has 0 radical (unpaired) electrons. The van der Waals surface area contributed by atoms with E-state index in [4.69, 9.17) is 4.74 Å². The number of fused-ring (bicyclic) bond motifs is 3. The normalized spacial score (nSPS) is 21.6. The van der Waals surface area contributed by atoms with E-state index in [9.17, 15) is 0 Å². The molecular formula is C14H22N2O. The Morgan fingerprint density at radius 3 is 3.00 bits per heavy atom. The summed E-state index contributed by atoms with van der Waals surface area (Å²) in [4.78, 5) is 2.49. The first-order valence-corrected chi connectivity index (χ1v) is 6.56. The predicted octanol–water partition coefficient (Wildman–Crippen LogP) is 2.19. The van der Waals surface area contributed by atoms with Crippen molar-refractivity contribution in [3.63, 3.8) is 0 Å². The van der Waals surface area contributed by atoms with Gasteiger partial charge in [0.25, 0.3) is 0 Å². The lowest BCUT2D eigenvalue weighted by Crippen LogP contribution is -2.56. The fourth-order valence-electron chi connectivity index (χ4n) is 2.51. The minimum absolute atomic E-state index is 0.507. The molecule has 2 aliphatic rings. The van der Waals surface area contributed by atoms with Crippen LogP contribution in [0.1, 0.15) is 19.4 Å². The maximum atomic E-state index is 5.79. The fraction of sp³-hybridized carbons (Fsp3) is 0.571. The van der Waals surface area contributed by atoms with E-state index in [2.05, 4.69) is 35.3 Å². The molecule has 0 amide bonds. The monoisotopic (exact) mass is 234 g/mol. The van der Waals surface area contributed by atoms with Crippen LogP contribution in [0, 0.1) is 6.92 Å². The number of aryl methyl sites for hydroxylation is 1. The van der Waals surface area contributed by atoms with Crippen molar-refractivity contribution in [2.45, 2.75) is 26.8 Å². The van der Waals surface area contributed by atoms with Gasteiger partial charge in [0.1, 0.15) is 12.4 Å². The van der Waals surface area contributed by atoms with Gasteiger partial charge in [-0.3, -0.25) is 0 Å². The van der Waals surface area contributed by atoms with Crippen LogP contribution in [-0.2, 0) is 0 Å². The van der Waals surface area contributed by atoms with Crippen molar-refractivity contribution < 1.29 is 4.74 Å². The number of nitrogens with zero attached hydrogens (tertiary/aromatic N) is 1. The van der Waals surface area contributed by atoms with E-state index in [1.165, 1.54) is 11.3 Å². The van der Waals surface area contributed by atoms with Gasteiger partial charge in [-0.05, 0) is 18.6 Å². The maximum Gasteiger partial charge on any atom is 0.142 e. The van der Waals surface area contributed by atoms with E-state index in [-0.39, 0.29) is 0 Å². The van der Waals surface area contributed by atoms with Gasteiger partial charge in [0.15, 0.2) is 0 Å². The largest absolute Gasteiger partial charge is 0.489 e. The van der Waals surface area contributed by atoms with Crippen LogP contribution >= 0.6 is 0 Å².